The molecule has 0 aromatic heterocycles. The van der Waals surface area contributed by atoms with E-state index < -0.39 is 0 Å². The number of alkyl halides is 1. The van der Waals surface area contributed by atoms with Gasteiger partial charge < -0.3 is 5.11 Å². The third-order valence-corrected chi connectivity index (χ3v) is 2.00. The Morgan fingerprint density at radius 2 is 2.10 bits per heavy atom. The van der Waals surface area contributed by atoms with Gasteiger partial charge >= 0.3 is 0 Å². The molecule has 0 heterocycles. The normalized spacial score (nSPS) is 16.8. The zero-order chi connectivity index (χ0) is 7.98. The van der Waals surface area contributed by atoms with Gasteiger partial charge in [-0.1, -0.05) is 49.3 Å². The van der Waals surface area contributed by atoms with E-state index >= 15 is 0 Å². The van der Waals surface area contributed by atoms with Crippen molar-refractivity contribution in [1.29, 1.82) is 0 Å². The first-order valence-electron chi connectivity index (χ1n) is 3.99. The summed E-state index contributed by atoms with van der Waals surface area (Å²) in [6.45, 7) is 4.29. The summed E-state index contributed by atoms with van der Waals surface area (Å²) >= 11 is 2.35. The van der Waals surface area contributed by atoms with Crippen LogP contribution in [0.25, 0.3) is 0 Å². The van der Waals surface area contributed by atoms with Crippen LogP contribution in [0, 0.1) is 0 Å². The molecule has 0 amide bonds. The molecular weight excluding hydrogens is 239 g/mol. The minimum absolute atomic E-state index is 0.0631. The van der Waals surface area contributed by atoms with Crippen LogP contribution in [0.3, 0.4) is 0 Å². The number of aliphatic hydroxyl groups is 1. The average Bonchev–Trinajstić information content (AvgIpc) is 1.82. The fourth-order valence-corrected chi connectivity index (χ4v) is 1.52. The van der Waals surface area contributed by atoms with Crippen molar-refractivity contribution >= 4 is 22.6 Å². The van der Waals surface area contributed by atoms with Gasteiger partial charge in [0.15, 0.2) is 0 Å². The van der Waals surface area contributed by atoms with Gasteiger partial charge in [0.1, 0.15) is 0 Å². The van der Waals surface area contributed by atoms with Gasteiger partial charge in [0.05, 0.1) is 6.10 Å². The summed E-state index contributed by atoms with van der Waals surface area (Å²) in [6, 6.07) is 0. The Kier molecular flexibility index (Phi) is 6.85. The van der Waals surface area contributed by atoms with Crippen LogP contribution in [0.2, 0.25) is 0 Å². The van der Waals surface area contributed by atoms with Gasteiger partial charge in [-0.05, 0) is 12.8 Å². The SMILES string of the molecule is CCCCC(O)CC(C)I. The highest BCUT2D eigenvalue weighted by Gasteiger charge is 2.05. The summed E-state index contributed by atoms with van der Waals surface area (Å²) < 4.78 is 0.601. The van der Waals surface area contributed by atoms with Crippen LogP contribution in [0.1, 0.15) is 39.5 Å². The van der Waals surface area contributed by atoms with E-state index in [0.29, 0.717) is 3.92 Å². The Balaban J connectivity index is 3.16. The van der Waals surface area contributed by atoms with E-state index in [4.69, 9.17) is 0 Å². The van der Waals surface area contributed by atoms with Crippen LogP contribution >= 0.6 is 22.6 Å². The lowest BCUT2D eigenvalue weighted by Gasteiger charge is -2.10. The topological polar surface area (TPSA) is 20.2 Å². The molecule has 62 valence electrons. The van der Waals surface area contributed by atoms with Crippen molar-refractivity contribution in [2.75, 3.05) is 0 Å². The fraction of sp³-hybridized carbons (Fsp3) is 1.00. The molecule has 0 radical (unpaired) electrons. The molecule has 0 fully saturated rings. The van der Waals surface area contributed by atoms with Crippen LogP contribution in [0.15, 0.2) is 0 Å². The van der Waals surface area contributed by atoms with E-state index in [9.17, 15) is 5.11 Å². The molecule has 0 saturated heterocycles. The van der Waals surface area contributed by atoms with Crippen molar-refractivity contribution in [3.05, 3.63) is 0 Å². The molecule has 0 aliphatic heterocycles. The van der Waals surface area contributed by atoms with Crippen LogP contribution < -0.4 is 0 Å². The number of hydrogen-bond donors (Lipinski definition) is 1. The largest absolute Gasteiger partial charge is 0.393 e. The van der Waals surface area contributed by atoms with Crippen LogP contribution in [0.5, 0.6) is 0 Å². The van der Waals surface area contributed by atoms with Crippen molar-refractivity contribution < 1.29 is 5.11 Å². The fourth-order valence-electron chi connectivity index (χ4n) is 0.933. The lowest BCUT2D eigenvalue weighted by atomic mass is 10.1. The molecule has 1 nitrogen and oxygen atoms in total. The molecular formula is C8H17IO. The molecule has 0 rings (SSSR count). The summed E-state index contributed by atoms with van der Waals surface area (Å²) in [4.78, 5) is 0. The maximum Gasteiger partial charge on any atom is 0.0550 e. The second-order valence-electron chi connectivity index (χ2n) is 2.81. The second-order valence-corrected chi connectivity index (χ2v) is 4.94. The monoisotopic (exact) mass is 256 g/mol. The minimum Gasteiger partial charge on any atom is -0.393 e. The molecule has 0 aromatic rings. The highest BCUT2D eigenvalue weighted by atomic mass is 127. The van der Waals surface area contributed by atoms with Gasteiger partial charge in [-0.3, -0.25) is 0 Å². The maximum atomic E-state index is 9.35. The van der Waals surface area contributed by atoms with Gasteiger partial charge in [-0.2, -0.15) is 0 Å². The zero-order valence-electron chi connectivity index (χ0n) is 6.81. The van der Waals surface area contributed by atoms with Crippen LogP contribution in [0.4, 0.5) is 0 Å². The molecule has 0 spiro atoms. The van der Waals surface area contributed by atoms with Gasteiger partial charge in [0.2, 0.25) is 0 Å². The summed E-state index contributed by atoms with van der Waals surface area (Å²) in [6.07, 6.45) is 4.20. The van der Waals surface area contributed by atoms with E-state index in [0.717, 1.165) is 19.3 Å². The smallest absolute Gasteiger partial charge is 0.0550 e. The standard InChI is InChI=1S/C8H17IO/c1-3-4-5-8(10)6-7(2)9/h7-8,10H,3-6H2,1-2H3. The van der Waals surface area contributed by atoms with Crippen molar-refractivity contribution in [2.45, 2.75) is 49.6 Å². The summed E-state index contributed by atoms with van der Waals surface area (Å²) in [7, 11) is 0. The molecule has 1 N–H and O–H groups in total. The van der Waals surface area contributed by atoms with Crippen molar-refractivity contribution in [3.63, 3.8) is 0 Å². The maximum absolute atomic E-state index is 9.35. The first kappa shape index (κ1) is 10.7. The zero-order valence-corrected chi connectivity index (χ0v) is 8.97. The van der Waals surface area contributed by atoms with Gasteiger partial charge in [-0.15, -0.1) is 0 Å². The van der Waals surface area contributed by atoms with Crippen molar-refractivity contribution in [2.24, 2.45) is 0 Å². The Bertz CT molecular complexity index is 73.7. The number of halogens is 1. The lowest BCUT2D eigenvalue weighted by molar-refractivity contribution is 0.153. The molecule has 2 atom stereocenters. The van der Waals surface area contributed by atoms with E-state index in [1.807, 2.05) is 0 Å². The highest BCUT2D eigenvalue weighted by Crippen LogP contribution is 2.11. The molecule has 10 heavy (non-hydrogen) atoms. The molecule has 0 aliphatic rings. The van der Waals surface area contributed by atoms with Gasteiger partial charge in [0, 0.05) is 3.92 Å². The molecule has 0 saturated carbocycles. The quantitative estimate of drug-likeness (QED) is 0.592. The number of rotatable bonds is 5. The van der Waals surface area contributed by atoms with E-state index in [1.165, 1.54) is 6.42 Å². The van der Waals surface area contributed by atoms with E-state index in [-0.39, 0.29) is 6.10 Å². The summed E-state index contributed by atoms with van der Waals surface area (Å²) in [5.41, 5.74) is 0. The van der Waals surface area contributed by atoms with Crippen molar-refractivity contribution in [1.82, 2.24) is 0 Å². The summed E-state index contributed by atoms with van der Waals surface area (Å²) in [5.74, 6) is 0. The highest BCUT2D eigenvalue weighted by molar-refractivity contribution is 14.1. The number of hydrogen-bond acceptors (Lipinski definition) is 1. The van der Waals surface area contributed by atoms with Crippen LogP contribution in [-0.2, 0) is 0 Å². The summed E-state index contributed by atoms with van der Waals surface area (Å²) in [5, 5.41) is 9.35. The van der Waals surface area contributed by atoms with E-state index in [1.54, 1.807) is 0 Å². The lowest BCUT2D eigenvalue weighted by Crippen LogP contribution is -2.10. The molecule has 0 aromatic carbocycles. The Labute approximate surface area is 77.3 Å². The molecule has 0 bridgehead atoms. The first-order chi connectivity index (χ1) is 4.66. The molecule has 0 aliphatic carbocycles. The number of unbranched alkanes of at least 4 members (excludes halogenated alkanes) is 1. The Morgan fingerprint density at radius 3 is 2.50 bits per heavy atom. The molecule has 2 heteroatoms. The van der Waals surface area contributed by atoms with Crippen LogP contribution in [-0.4, -0.2) is 15.1 Å². The second kappa shape index (κ2) is 6.40. The minimum atomic E-state index is -0.0631. The Hall–Kier alpha value is 0.690. The van der Waals surface area contributed by atoms with Crippen molar-refractivity contribution in [3.8, 4) is 0 Å². The number of aliphatic hydroxyl groups excluding tert-OH is 1. The van der Waals surface area contributed by atoms with Gasteiger partial charge in [-0.25, -0.2) is 0 Å². The van der Waals surface area contributed by atoms with E-state index in [2.05, 4.69) is 36.4 Å². The molecule has 2 unspecified atom stereocenters. The first-order valence-corrected chi connectivity index (χ1v) is 5.23. The third-order valence-electron chi connectivity index (χ3n) is 1.49. The predicted octanol–water partition coefficient (Wildman–Crippen LogP) is 2.75. The van der Waals surface area contributed by atoms with Gasteiger partial charge in [0.25, 0.3) is 0 Å². The Morgan fingerprint density at radius 1 is 1.50 bits per heavy atom. The predicted molar refractivity (Wildman–Crippen MR) is 53.6 cm³/mol. The average molecular weight is 256 g/mol. The third kappa shape index (κ3) is 6.81.